The fraction of sp³-hybridized carbons (Fsp3) is 0.143. The van der Waals surface area contributed by atoms with E-state index < -0.39 is 11.9 Å². The normalized spacial score (nSPS) is 15.1. The molecule has 0 unspecified atom stereocenters. The molecule has 1 aliphatic rings. The number of benzene rings is 2. The summed E-state index contributed by atoms with van der Waals surface area (Å²) in [4.78, 5) is 25.2. The van der Waals surface area contributed by atoms with E-state index in [1.165, 1.54) is 12.2 Å². The summed E-state index contributed by atoms with van der Waals surface area (Å²) >= 11 is 12.7. The smallest absolute Gasteiger partial charge is 0.329 e. The minimum atomic E-state index is -0.494. The number of nitrogens with one attached hydrogen (secondary N) is 1. The number of carbonyl (C=O) groups excluding carboxylic acids is 2. The van der Waals surface area contributed by atoms with Gasteiger partial charge in [0.05, 0.1) is 10.0 Å². The van der Waals surface area contributed by atoms with E-state index in [9.17, 15) is 9.59 Å². The molecule has 2 aromatic rings. The van der Waals surface area contributed by atoms with Gasteiger partial charge in [0.25, 0.3) is 5.91 Å². The van der Waals surface area contributed by atoms with Crippen molar-refractivity contribution in [1.82, 2.24) is 10.2 Å². The molecule has 1 heterocycles. The van der Waals surface area contributed by atoms with Crippen molar-refractivity contribution < 1.29 is 14.3 Å². The quantitative estimate of drug-likeness (QED) is 0.411. The molecular formula is C21H18Cl2N2O3. The number of imide groups is 1. The number of hydrogen-bond donors (Lipinski definition) is 1. The van der Waals surface area contributed by atoms with Gasteiger partial charge in [-0.25, -0.2) is 4.79 Å². The summed E-state index contributed by atoms with van der Waals surface area (Å²) in [5.41, 5.74) is 2.85. The first kappa shape index (κ1) is 20.0. The number of urea groups is 1. The van der Waals surface area contributed by atoms with Crippen LogP contribution in [-0.2, 0) is 11.4 Å². The molecule has 0 spiro atoms. The SMILES string of the molecule is C=CCN1C(=O)N/C(=C/c2cc(Cl)c(OCc3cccc(C)c3)c(Cl)c2)C1=O. The van der Waals surface area contributed by atoms with Crippen LogP contribution in [-0.4, -0.2) is 23.4 Å². The second-order valence-corrected chi connectivity index (χ2v) is 7.10. The number of nitrogens with zero attached hydrogens (tertiary/aromatic N) is 1. The average Bonchev–Trinajstić information content (AvgIpc) is 2.89. The van der Waals surface area contributed by atoms with E-state index in [1.54, 1.807) is 12.1 Å². The second kappa shape index (κ2) is 8.50. The predicted molar refractivity (Wildman–Crippen MR) is 110 cm³/mol. The molecule has 1 N–H and O–H groups in total. The van der Waals surface area contributed by atoms with E-state index in [0.29, 0.717) is 28.0 Å². The predicted octanol–water partition coefficient (Wildman–Crippen LogP) is 4.96. The molecule has 2 aromatic carbocycles. The van der Waals surface area contributed by atoms with E-state index in [1.807, 2.05) is 31.2 Å². The van der Waals surface area contributed by atoms with Gasteiger partial charge < -0.3 is 10.1 Å². The second-order valence-electron chi connectivity index (χ2n) is 6.28. The van der Waals surface area contributed by atoms with Crippen molar-refractivity contribution in [3.05, 3.63) is 81.5 Å². The molecule has 28 heavy (non-hydrogen) atoms. The van der Waals surface area contributed by atoms with Gasteiger partial charge >= 0.3 is 6.03 Å². The summed E-state index contributed by atoms with van der Waals surface area (Å²) in [5.74, 6) is -0.0704. The highest BCUT2D eigenvalue weighted by Crippen LogP contribution is 2.35. The van der Waals surface area contributed by atoms with Crippen LogP contribution in [0.15, 0.2) is 54.8 Å². The first-order valence-electron chi connectivity index (χ1n) is 8.52. The number of halogens is 2. The minimum Gasteiger partial charge on any atom is -0.486 e. The Morgan fingerprint density at radius 2 is 1.89 bits per heavy atom. The maximum absolute atomic E-state index is 12.3. The minimum absolute atomic E-state index is 0.134. The fourth-order valence-corrected chi connectivity index (χ4v) is 3.40. The lowest BCUT2D eigenvalue weighted by Gasteiger charge is -2.11. The number of amides is 3. The molecular weight excluding hydrogens is 399 g/mol. The third-order valence-corrected chi connectivity index (χ3v) is 4.63. The van der Waals surface area contributed by atoms with E-state index in [-0.39, 0.29) is 12.2 Å². The van der Waals surface area contributed by atoms with Crippen LogP contribution in [0.4, 0.5) is 4.79 Å². The van der Waals surface area contributed by atoms with E-state index in [4.69, 9.17) is 27.9 Å². The topological polar surface area (TPSA) is 58.6 Å². The first-order valence-corrected chi connectivity index (χ1v) is 9.27. The Kier molecular flexibility index (Phi) is 6.07. The van der Waals surface area contributed by atoms with E-state index >= 15 is 0 Å². The van der Waals surface area contributed by atoms with E-state index in [2.05, 4.69) is 11.9 Å². The largest absolute Gasteiger partial charge is 0.486 e. The zero-order valence-electron chi connectivity index (χ0n) is 15.2. The molecule has 3 rings (SSSR count). The van der Waals surface area contributed by atoms with Crippen LogP contribution in [0, 0.1) is 6.92 Å². The number of rotatable bonds is 6. The first-order chi connectivity index (χ1) is 13.4. The lowest BCUT2D eigenvalue weighted by Crippen LogP contribution is -2.30. The number of aryl methyl sites for hydroxylation is 1. The Bertz CT molecular complexity index is 962. The molecule has 0 bridgehead atoms. The maximum Gasteiger partial charge on any atom is 0.329 e. The molecule has 0 saturated carbocycles. The van der Waals surface area contributed by atoms with Gasteiger partial charge in [-0.2, -0.15) is 0 Å². The van der Waals surface area contributed by atoms with Crippen LogP contribution >= 0.6 is 23.2 Å². The number of hydrogen-bond acceptors (Lipinski definition) is 3. The molecule has 0 aromatic heterocycles. The number of carbonyl (C=O) groups is 2. The molecule has 0 aliphatic carbocycles. The highest BCUT2D eigenvalue weighted by Gasteiger charge is 2.32. The third-order valence-electron chi connectivity index (χ3n) is 4.07. The van der Waals surface area contributed by atoms with Crippen molar-refractivity contribution in [2.24, 2.45) is 0 Å². The summed E-state index contributed by atoms with van der Waals surface area (Å²) in [6.07, 6.45) is 3.00. The van der Waals surface area contributed by atoms with Gasteiger partial charge in [0.15, 0.2) is 5.75 Å². The zero-order valence-corrected chi connectivity index (χ0v) is 16.7. The summed E-state index contributed by atoms with van der Waals surface area (Å²) < 4.78 is 5.78. The van der Waals surface area contributed by atoms with Crippen LogP contribution in [0.25, 0.3) is 6.08 Å². The van der Waals surface area contributed by atoms with Crippen molar-refractivity contribution in [2.45, 2.75) is 13.5 Å². The molecule has 0 atom stereocenters. The average molecular weight is 417 g/mol. The van der Waals surface area contributed by atoms with Crippen molar-refractivity contribution in [2.75, 3.05) is 6.54 Å². The van der Waals surface area contributed by atoms with Crippen LogP contribution in [0.5, 0.6) is 5.75 Å². The van der Waals surface area contributed by atoms with Gasteiger partial charge in [-0.1, -0.05) is 59.1 Å². The summed E-state index contributed by atoms with van der Waals surface area (Å²) in [6.45, 7) is 6.00. The van der Waals surface area contributed by atoms with Crippen molar-refractivity contribution in [3.63, 3.8) is 0 Å². The van der Waals surface area contributed by atoms with Crippen molar-refractivity contribution in [3.8, 4) is 5.75 Å². The molecule has 7 heteroatoms. The van der Waals surface area contributed by atoms with Gasteiger partial charge in [0, 0.05) is 6.54 Å². The Hall–Kier alpha value is -2.76. The standard InChI is InChI=1S/C21H18Cl2N2O3/c1-3-7-25-20(26)18(24-21(25)27)11-15-9-16(22)19(17(23)10-15)28-12-14-6-4-5-13(2)8-14/h3-6,8-11H,1,7,12H2,2H3,(H,24,27)/b18-11+. The highest BCUT2D eigenvalue weighted by atomic mass is 35.5. The lowest BCUT2D eigenvalue weighted by molar-refractivity contribution is -0.122. The number of ether oxygens (including phenoxy) is 1. The van der Waals surface area contributed by atoms with Gasteiger partial charge in [-0.3, -0.25) is 9.69 Å². The molecule has 1 saturated heterocycles. The molecule has 5 nitrogen and oxygen atoms in total. The van der Waals surface area contributed by atoms with E-state index in [0.717, 1.165) is 16.0 Å². The molecule has 0 radical (unpaired) electrons. The zero-order chi connectivity index (χ0) is 20.3. The Morgan fingerprint density at radius 3 is 2.54 bits per heavy atom. The molecule has 1 fully saturated rings. The van der Waals surface area contributed by atoms with Gasteiger partial charge in [-0.15, -0.1) is 6.58 Å². The van der Waals surface area contributed by atoms with Crippen LogP contribution < -0.4 is 10.1 Å². The Labute approximate surface area is 173 Å². The summed E-state index contributed by atoms with van der Waals surface area (Å²) in [5, 5.41) is 3.15. The van der Waals surface area contributed by atoms with Gasteiger partial charge in [-0.05, 0) is 36.3 Å². The summed E-state index contributed by atoms with van der Waals surface area (Å²) in [7, 11) is 0. The van der Waals surface area contributed by atoms with Crippen molar-refractivity contribution in [1.29, 1.82) is 0 Å². The van der Waals surface area contributed by atoms with Crippen molar-refractivity contribution >= 4 is 41.2 Å². The van der Waals surface area contributed by atoms with Crippen LogP contribution in [0.2, 0.25) is 10.0 Å². The Morgan fingerprint density at radius 1 is 1.18 bits per heavy atom. The van der Waals surface area contributed by atoms with Crippen LogP contribution in [0.1, 0.15) is 16.7 Å². The van der Waals surface area contributed by atoms with Crippen LogP contribution in [0.3, 0.4) is 0 Å². The molecule has 144 valence electrons. The Balaban J connectivity index is 1.79. The monoisotopic (exact) mass is 416 g/mol. The van der Waals surface area contributed by atoms with Gasteiger partial charge in [0.1, 0.15) is 12.3 Å². The highest BCUT2D eigenvalue weighted by molar-refractivity contribution is 6.37. The van der Waals surface area contributed by atoms with Gasteiger partial charge in [0.2, 0.25) is 0 Å². The maximum atomic E-state index is 12.3. The molecule has 1 aliphatic heterocycles. The third kappa shape index (κ3) is 4.38. The fourth-order valence-electron chi connectivity index (χ4n) is 2.79. The molecule has 3 amide bonds. The lowest BCUT2D eigenvalue weighted by atomic mass is 10.1. The summed E-state index contributed by atoms with van der Waals surface area (Å²) in [6, 6.07) is 10.7.